The zero-order valence-electron chi connectivity index (χ0n) is 12.6. The Labute approximate surface area is 127 Å². The number of Topliss-reactive ketones (excluding diaryl/α,β-unsaturated/α-hetero) is 1. The van der Waals surface area contributed by atoms with Crippen LogP contribution in [0.4, 0.5) is 0 Å². The molecule has 0 aromatic heterocycles. The van der Waals surface area contributed by atoms with Crippen molar-refractivity contribution in [1.29, 1.82) is 0 Å². The number of benzene rings is 1. The molecule has 1 aliphatic carbocycles. The van der Waals surface area contributed by atoms with E-state index in [1.54, 1.807) is 0 Å². The largest absolute Gasteiger partial charge is 0.387 e. The lowest BCUT2D eigenvalue weighted by Crippen LogP contribution is -2.47. The summed E-state index contributed by atoms with van der Waals surface area (Å²) in [5.41, 5.74) is 0.972. The Bertz CT molecular complexity index is 473. The second kappa shape index (κ2) is 6.71. The van der Waals surface area contributed by atoms with Crippen molar-refractivity contribution in [3.8, 4) is 0 Å². The van der Waals surface area contributed by atoms with Crippen molar-refractivity contribution >= 4 is 5.78 Å². The van der Waals surface area contributed by atoms with Crippen LogP contribution in [-0.4, -0.2) is 34.9 Å². The first kappa shape index (κ1) is 14.7. The lowest BCUT2D eigenvalue weighted by molar-refractivity contribution is -0.123. The summed E-state index contributed by atoms with van der Waals surface area (Å²) in [6.07, 6.45) is 5.90. The summed E-state index contributed by atoms with van der Waals surface area (Å²) in [5, 5.41) is 10.5. The van der Waals surface area contributed by atoms with Gasteiger partial charge in [-0.15, -0.1) is 0 Å². The van der Waals surface area contributed by atoms with Gasteiger partial charge in [-0.1, -0.05) is 36.8 Å². The van der Waals surface area contributed by atoms with Crippen LogP contribution in [0.5, 0.6) is 0 Å². The van der Waals surface area contributed by atoms with Gasteiger partial charge in [0.25, 0.3) is 0 Å². The van der Waals surface area contributed by atoms with Crippen LogP contribution in [0.3, 0.4) is 0 Å². The normalized spacial score (nSPS) is 28.7. The Morgan fingerprint density at radius 2 is 1.95 bits per heavy atom. The van der Waals surface area contributed by atoms with Gasteiger partial charge in [0.15, 0.2) is 0 Å². The number of aliphatic hydroxyl groups excluding tert-OH is 1. The molecular weight excluding hydrogens is 262 g/mol. The Morgan fingerprint density at radius 3 is 2.67 bits per heavy atom. The predicted octanol–water partition coefficient (Wildman–Crippen LogP) is 2.94. The second-order valence-corrected chi connectivity index (χ2v) is 6.45. The van der Waals surface area contributed by atoms with Gasteiger partial charge in [-0.3, -0.25) is 9.69 Å². The molecule has 0 bridgehead atoms. The molecule has 2 fully saturated rings. The number of rotatable bonds is 4. The van der Waals surface area contributed by atoms with Gasteiger partial charge in [0, 0.05) is 24.9 Å². The Balaban J connectivity index is 1.68. The Morgan fingerprint density at radius 1 is 1.14 bits per heavy atom. The molecule has 0 amide bonds. The number of likely N-dealkylation sites (tertiary alicyclic amines) is 1. The highest BCUT2D eigenvalue weighted by Crippen LogP contribution is 2.33. The molecule has 1 aromatic rings. The van der Waals surface area contributed by atoms with E-state index in [1.807, 2.05) is 30.3 Å². The van der Waals surface area contributed by atoms with Gasteiger partial charge < -0.3 is 5.11 Å². The minimum absolute atomic E-state index is 0.216. The summed E-state index contributed by atoms with van der Waals surface area (Å²) >= 11 is 0. The minimum Gasteiger partial charge on any atom is -0.387 e. The highest BCUT2D eigenvalue weighted by molar-refractivity contribution is 5.83. The molecule has 3 unspecified atom stereocenters. The molecule has 3 heteroatoms. The maximum Gasteiger partial charge on any atom is 0.137 e. The average Bonchev–Trinajstić information content (AvgIpc) is 2.95. The number of piperidine rings is 1. The highest BCUT2D eigenvalue weighted by atomic mass is 16.3. The Kier molecular flexibility index (Phi) is 4.71. The number of nitrogens with zero attached hydrogens (tertiary/aromatic N) is 1. The van der Waals surface area contributed by atoms with Crippen LogP contribution < -0.4 is 0 Å². The van der Waals surface area contributed by atoms with Crippen molar-refractivity contribution in [2.75, 3.05) is 13.1 Å². The molecule has 1 saturated carbocycles. The summed E-state index contributed by atoms with van der Waals surface area (Å²) in [6.45, 7) is 1.66. The number of hydrogen-bond donors (Lipinski definition) is 1. The molecule has 1 aliphatic heterocycles. The Hall–Kier alpha value is -1.19. The molecule has 3 atom stereocenters. The van der Waals surface area contributed by atoms with Crippen LogP contribution in [0.15, 0.2) is 30.3 Å². The van der Waals surface area contributed by atoms with Crippen LogP contribution >= 0.6 is 0 Å². The molecule has 0 spiro atoms. The van der Waals surface area contributed by atoms with Gasteiger partial charge in [-0.2, -0.15) is 0 Å². The molecule has 3 rings (SSSR count). The van der Waals surface area contributed by atoms with Gasteiger partial charge >= 0.3 is 0 Å². The summed E-state index contributed by atoms with van der Waals surface area (Å²) in [4.78, 5) is 14.5. The summed E-state index contributed by atoms with van der Waals surface area (Å²) in [6, 6.07) is 10.2. The molecule has 2 aliphatic rings. The number of aliphatic hydroxyl groups is 1. The van der Waals surface area contributed by atoms with Gasteiger partial charge in [0.05, 0.1) is 6.10 Å². The number of carbonyl (C=O) groups excluding carboxylic acids is 1. The van der Waals surface area contributed by atoms with Gasteiger partial charge in [-0.05, 0) is 37.8 Å². The van der Waals surface area contributed by atoms with Crippen LogP contribution in [0.2, 0.25) is 0 Å². The third-order valence-electron chi connectivity index (χ3n) is 5.07. The zero-order chi connectivity index (χ0) is 14.7. The summed E-state index contributed by atoms with van der Waals surface area (Å²) in [7, 11) is 0. The fourth-order valence-corrected chi connectivity index (χ4v) is 3.95. The quantitative estimate of drug-likeness (QED) is 0.925. The molecular formula is C18H25NO2. The van der Waals surface area contributed by atoms with Crippen LogP contribution in [-0.2, 0) is 4.79 Å². The van der Waals surface area contributed by atoms with E-state index in [0.29, 0.717) is 18.4 Å². The maximum atomic E-state index is 12.1. The fourth-order valence-electron chi connectivity index (χ4n) is 3.95. The van der Waals surface area contributed by atoms with Crippen molar-refractivity contribution in [3.05, 3.63) is 35.9 Å². The third kappa shape index (κ3) is 3.35. The van der Waals surface area contributed by atoms with E-state index < -0.39 is 6.10 Å². The van der Waals surface area contributed by atoms with Crippen LogP contribution in [0.1, 0.15) is 50.2 Å². The SMILES string of the molecule is O=C1CCCC1C1CCCCN1CC(O)c1ccccc1. The van der Waals surface area contributed by atoms with E-state index in [9.17, 15) is 9.90 Å². The molecule has 3 nitrogen and oxygen atoms in total. The monoisotopic (exact) mass is 287 g/mol. The van der Waals surface area contributed by atoms with Crippen LogP contribution in [0, 0.1) is 5.92 Å². The smallest absolute Gasteiger partial charge is 0.137 e. The highest BCUT2D eigenvalue weighted by Gasteiger charge is 2.37. The molecule has 114 valence electrons. The second-order valence-electron chi connectivity index (χ2n) is 6.45. The molecule has 1 N–H and O–H groups in total. The number of β-amino-alcohol motifs (C(OH)–C–C–N with tert-alkyl or cyclic N) is 1. The molecule has 21 heavy (non-hydrogen) atoms. The van der Waals surface area contributed by atoms with E-state index in [-0.39, 0.29) is 5.92 Å². The van der Waals surface area contributed by atoms with Crippen molar-refractivity contribution in [2.45, 2.75) is 50.7 Å². The lowest BCUT2D eigenvalue weighted by atomic mass is 9.88. The fraction of sp³-hybridized carbons (Fsp3) is 0.611. The predicted molar refractivity (Wildman–Crippen MR) is 83.0 cm³/mol. The van der Waals surface area contributed by atoms with Crippen molar-refractivity contribution < 1.29 is 9.90 Å². The van der Waals surface area contributed by atoms with E-state index in [2.05, 4.69) is 4.90 Å². The number of hydrogen-bond acceptors (Lipinski definition) is 3. The lowest BCUT2D eigenvalue weighted by Gasteiger charge is -2.39. The first-order valence-electron chi connectivity index (χ1n) is 8.25. The van der Waals surface area contributed by atoms with Crippen molar-refractivity contribution in [3.63, 3.8) is 0 Å². The number of carbonyl (C=O) groups is 1. The standard InChI is InChI=1S/C18H25NO2/c20-17-11-6-9-15(17)16-10-4-5-12-19(16)13-18(21)14-7-2-1-3-8-14/h1-3,7-8,15-16,18,21H,4-6,9-13H2. The van der Waals surface area contributed by atoms with Crippen molar-refractivity contribution in [2.24, 2.45) is 5.92 Å². The topological polar surface area (TPSA) is 40.5 Å². The molecule has 0 radical (unpaired) electrons. The summed E-state index contributed by atoms with van der Waals surface area (Å²) < 4.78 is 0. The van der Waals surface area contributed by atoms with Gasteiger partial charge in [-0.25, -0.2) is 0 Å². The molecule has 1 heterocycles. The van der Waals surface area contributed by atoms with Gasteiger partial charge in [0.2, 0.25) is 0 Å². The van der Waals surface area contributed by atoms with E-state index in [0.717, 1.165) is 37.8 Å². The maximum absolute atomic E-state index is 12.1. The van der Waals surface area contributed by atoms with Crippen molar-refractivity contribution in [1.82, 2.24) is 4.90 Å². The van der Waals surface area contributed by atoms with E-state index >= 15 is 0 Å². The molecule has 1 aromatic carbocycles. The summed E-state index contributed by atoms with van der Waals surface area (Å²) in [5.74, 6) is 0.661. The third-order valence-corrected chi connectivity index (χ3v) is 5.07. The first-order chi connectivity index (χ1) is 10.3. The average molecular weight is 287 g/mol. The molecule has 1 saturated heterocycles. The minimum atomic E-state index is -0.455. The van der Waals surface area contributed by atoms with Gasteiger partial charge in [0.1, 0.15) is 5.78 Å². The van der Waals surface area contributed by atoms with E-state index in [4.69, 9.17) is 0 Å². The van der Waals surface area contributed by atoms with Crippen LogP contribution in [0.25, 0.3) is 0 Å². The first-order valence-corrected chi connectivity index (χ1v) is 8.25. The van der Waals surface area contributed by atoms with E-state index in [1.165, 1.54) is 12.8 Å². The zero-order valence-corrected chi connectivity index (χ0v) is 12.6. The number of ketones is 1.